The van der Waals surface area contributed by atoms with E-state index in [-0.39, 0.29) is 35.5 Å². The SMILES string of the molecule is Cc1ccc(CC(=O)C[C@H]2[C@H]3C(=C(O)c4c(O)cccc4[C@@H]3C)C(=O)[C@]3(O)C(O)=C(C(N)=O)C(=O)C[C@H]23)cc1. The predicted octanol–water partition coefficient (Wildman–Crippen LogP) is 2.72. The Balaban J connectivity index is 1.68. The second-order valence-electron chi connectivity index (χ2n) is 10.8. The molecule has 5 atom stereocenters. The van der Waals surface area contributed by atoms with Crippen molar-refractivity contribution in [3.05, 3.63) is 81.6 Å². The number of aliphatic hydroxyl groups excluding tert-OH is 2. The summed E-state index contributed by atoms with van der Waals surface area (Å²) in [6, 6.07) is 12.0. The summed E-state index contributed by atoms with van der Waals surface area (Å²) in [7, 11) is 0. The lowest BCUT2D eigenvalue weighted by atomic mass is 9.51. The Morgan fingerprint density at radius 2 is 1.72 bits per heavy atom. The van der Waals surface area contributed by atoms with Crippen molar-refractivity contribution >= 4 is 29.0 Å². The zero-order valence-corrected chi connectivity index (χ0v) is 21.5. The van der Waals surface area contributed by atoms with Crippen LogP contribution in [0.1, 0.15) is 47.9 Å². The summed E-state index contributed by atoms with van der Waals surface area (Å²) in [4.78, 5) is 52.3. The van der Waals surface area contributed by atoms with Gasteiger partial charge in [0.05, 0.1) is 5.56 Å². The molecule has 0 saturated heterocycles. The van der Waals surface area contributed by atoms with Gasteiger partial charge in [-0.3, -0.25) is 19.2 Å². The minimum Gasteiger partial charge on any atom is -0.508 e. The van der Waals surface area contributed by atoms with Gasteiger partial charge in [0.2, 0.25) is 5.78 Å². The van der Waals surface area contributed by atoms with Gasteiger partial charge in [-0.1, -0.05) is 48.9 Å². The number of benzene rings is 2. The van der Waals surface area contributed by atoms with Gasteiger partial charge >= 0.3 is 0 Å². The van der Waals surface area contributed by atoms with Gasteiger partial charge in [-0.05, 0) is 36.0 Å². The number of fused-ring (bicyclic) bond motifs is 3. The number of aromatic hydroxyl groups is 1. The lowest BCUT2D eigenvalue weighted by Gasteiger charge is -2.52. The number of hydrogen-bond acceptors (Lipinski definition) is 8. The Morgan fingerprint density at radius 3 is 2.36 bits per heavy atom. The van der Waals surface area contributed by atoms with Crippen LogP contribution in [0.25, 0.3) is 5.76 Å². The minimum absolute atomic E-state index is 0.0156. The van der Waals surface area contributed by atoms with Crippen LogP contribution in [0.5, 0.6) is 5.75 Å². The molecule has 1 amide bonds. The standard InChI is InChI=1S/C30H29NO8/c1-13-6-8-15(9-7-13)10-16(32)11-18-19-12-21(34)24(29(31)38)27(36)30(19,39)28(37)25-22(18)14(2)17-4-3-5-20(33)23(17)26(25)35/h3-9,14,18-19,22,33,35-36,39H,10-12H2,1-2H3,(H2,31,38)/t14-,18+,19+,22-,30+/m0/s1. The van der Waals surface area contributed by atoms with Gasteiger partial charge in [-0.2, -0.15) is 0 Å². The van der Waals surface area contributed by atoms with Gasteiger partial charge in [0.15, 0.2) is 11.4 Å². The molecule has 0 heterocycles. The summed E-state index contributed by atoms with van der Waals surface area (Å²) in [5, 5.41) is 44.6. The number of primary amides is 1. The van der Waals surface area contributed by atoms with E-state index in [2.05, 4.69) is 0 Å². The molecule has 1 fully saturated rings. The Morgan fingerprint density at radius 1 is 1.05 bits per heavy atom. The van der Waals surface area contributed by atoms with E-state index in [1.165, 1.54) is 6.07 Å². The molecule has 0 bridgehead atoms. The summed E-state index contributed by atoms with van der Waals surface area (Å²) >= 11 is 0. The highest BCUT2D eigenvalue weighted by molar-refractivity contribution is 6.23. The number of Topliss-reactive ketones (excluding diaryl/α,β-unsaturated/α-hetero) is 3. The highest BCUT2D eigenvalue weighted by Crippen LogP contribution is 2.58. The molecule has 39 heavy (non-hydrogen) atoms. The van der Waals surface area contributed by atoms with Crippen molar-refractivity contribution < 1.29 is 39.6 Å². The van der Waals surface area contributed by atoms with E-state index >= 15 is 0 Å². The molecule has 6 N–H and O–H groups in total. The fraction of sp³-hybridized carbons (Fsp3) is 0.333. The quantitative estimate of drug-likeness (QED) is 0.366. The number of carbonyl (C=O) groups excluding carboxylic acids is 4. The van der Waals surface area contributed by atoms with Gasteiger partial charge in [-0.15, -0.1) is 0 Å². The third-order valence-corrected chi connectivity index (χ3v) is 8.55. The van der Waals surface area contributed by atoms with Crippen LogP contribution in [-0.4, -0.2) is 49.3 Å². The van der Waals surface area contributed by atoms with Crippen LogP contribution in [0.2, 0.25) is 0 Å². The maximum absolute atomic E-state index is 13.9. The van der Waals surface area contributed by atoms with Crippen molar-refractivity contribution in [3.63, 3.8) is 0 Å². The van der Waals surface area contributed by atoms with Gasteiger partial charge in [0.1, 0.15) is 28.6 Å². The molecule has 1 saturated carbocycles. The monoisotopic (exact) mass is 531 g/mol. The number of ketones is 3. The van der Waals surface area contributed by atoms with Crippen molar-refractivity contribution in [2.45, 2.75) is 44.6 Å². The van der Waals surface area contributed by atoms with Gasteiger partial charge in [0.25, 0.3) is 5.91 Å². The fourth-order valence-electron chi connectivity index (χ4n) is 6.71. The molecular formula is C30H29NO8. The van der Waals surface area contributed by atoms with E-state index in [0.29, 0.717) is 5.56 Å². The van der Waals surface area contributed by atoms with Crippen LogP contribution in [-0.2, 0) is 25.6 Å². The lowest BCUT2D eigenvalue weighted by Crippen LogP contribution is -2.62. The molecule has 202 valence electrons. The molecule has 2 aromatic rings. The molecule has 0 unspecified atom stereocenters. The molecule has 0 spiro atoms. The normalized spacial score (nSPS) is 28.1. The molecule has 0 aliphatic heterocycles. The van der Waals surface area contributed by atoms with E-state index < -0.39 is 70.3 Å². The molecule has 0 radical (unpaired) electrons. The predicted molar refractivity (Wildman–Crippen MR) is 139 cm³/mol. The van der Waals surface area contributed by atoms with Crippen LogP contribution in [0.4, 0.5) is 0 Å². The Hall–Kier alpha value is -4.24. The van der Waals surface area contributed by atoms with Crippen molar-refractivity contribution in [3.8, 4) is 5.75 Å². The first kappa shape index (κ1) is 26.4. The summed E-state index contributed by atoms with van der Waals surface area (Å²) in [6.45, 7) is 3.70. The van der Waals surface area contributed by atoms with Gasteiger partial charge in [0, 0.05) is 36.7 Å². The molecular weight excluding hydrogens is 502 g/mol. The van der Waals surface area contributed by atoms with Gasteiger partial charge in [-0.25, -0.2) is 0 Å². The largest absolute Gasteiger partial charge is 0.508 e. The maximum Gasteiger partial charge on any atom is 0.255 e. The topological polar surface area (TPSA) is 175 Å². The smallest absolute Gasteiger partial charge is 0.255 e. The summed E-state index contributed by atoms with van der Waals surface area (Å²) in [6.07, 6.45) is -0.626. The lowest BCUT2D eigenvalue weighted by molar-refractivity contribution is -0.155. The average Bonchev–Trinajstić information content (AvgIpc) is 2.87. The van der Waals surface area contributed by atoms with Crippen molar-refractivity contribution in [2.75, 3.05) is 0 Å². The highest BCUT2D eigenvalue weighted by Gasteiger charge is 2.64. The number of phenols is 1. The Bertz CT molecular complexity index is 1500. The average molecular weight is 532 g/mol. The number of amides is 1. The van der Waals surface area contributed by atoms with E-state index in [9.17, 15) is 39.6 Å². The van der Waals surface area contributed by atoms with Crippen molar-refractivity contribution in [1.82, 2.24) is 0 Å². The van der Waals surface area contributed by atoms with E-state index in [4.69, 9.17) is 5.73 Å². The number of nitrogens with two attached hydrogens (primary N) is 1. The van der Waals surface area contributed by atoms with Crippen molar-refractivity contribution in [2.24, 2.45) is 23.5 Å². The highest BCUT2D eigenvalue weighted by atomic mass is 16.3. The second-order valence-corrected chi connectivity index (χ2v) is 10.8. The number of hydrogen-bond donors (Lipinski definition) is 5. The number of rotatable bonds is 5. The van der Waals surface area contributed by atoms with Gasteiger partial charge < -0.3 is 26.2 Å². The van der Waals surface area contributed by atoms with E-state index in [1.54, 1.807) is 19.1 Å². The van der Waals surface area contributed by atoms with Crippen molar-refractivity contribution in [1.29, 1.82) is 0 Å². The molecule has 3 aliphatic rings. The second kappa shape index (κ2) is 9.20. The first-order valence-electron chi connectivity index (χ1n) is 12.7. The zero-order valence-electron chi connectivity index (χ0n) is 21.5. The first-order valence-corrected chi connectivity index (χ1v) is 12.7. The summed E-state index contributed by atoms with van der Waals surface area (Å²) < 4.78 is 0. The first-order chi connectivity index (χ1) is 18.4. The summed E-state index contributed by atoms with van der Waals surface area (Å²) in [5.41, 5.74) is 3.72. The minimum atomic E-state index is -2.77. The fourth-order valence-corrected chi connectivity index (χ4v) is 6.71. The van der Waals surface area contributed by atoms with Crippen LogP contribution in [0, 0.1) is 24.7 Å². The Kier molecular flexibility index (Phi) is 6.22. The van der Waals surface area contributed by atoms with Crippen LogP contribution in [0.3, 0.4) is 0 Å². The van der Waals surface area contributed by atoms with Crippen LogP contribution in [0.15, 0.2) is 59.4 Å². The van der Waals surface area contributed by atoms with E-state index in [1.807, 2.05) is 31.2 Å². The number of aliphatic hydroxyl groups is 3. The molecule has 2 aromatic carbocycles. The molecule has 5 rings (SSSR count). The van der Waals surface area contributed by atoms with E-state index in [0.717, 1.165) is 11.1 Å². The molecule has 3 aliphatic carbocycles. The summed E-state index contributed by atoms with van der Waals surface area (Å²) in [5.74, 6) is -8.98. The molecule has 0 aromatic heterocycles. The third-order valence-electron chi connectivity index (χ3n) is 8.55. The Labute approximate surface area is 224 Å². The molecule has 9 heteroatoms. The van der Waals surface area contributed by atoms with Crippen LogP contribution < -0.4 is 5.73 Å². The third kappa shape index (κ3) is 3.87. The number of phenolic OH excluding ortho intramolecular Hbond substituents is 1. The number of aryl methyl sites for hydroxylation is 1. The molecule has 9 nitrogen and oxygen atoms in total. The van der Waals surface area contributed by atoms with Crippen LogP contribution >= 0.6 is 0 Å². The number of carbonyl (C=O) groups is 4. The zero-order chi connectivity index (χ0) is 28.4. The maximum atomic E-state index is 13.9.